The first-order valence-corrected chi connectivity index (χ1v) is 11.3. The molecule has 3 aromatic rings. The molecule has 1 aromatic heterocycles. The van der Waals surface area contributed by atoms with Gasteiger partial charge < -0.3 is 14.8 Å². The minimum Gasteiger partial charge on any atom is -0.490 e. The molecule has 0 aliphatic carbocycles. The van der Waals surface area contributed by atoms with Crippen molar-refractivity contribution in [1.82, 2.24) is 25.0 Å². The zero-order valence-corrected chi connectivity index (χ0v) is 19.8. The summed E-state index contributed by atoms with van der Waals surface area (Å²) in [4.78, 5) is 18.5. The van der Waals surface area contributed by atoms with Crippen LogP contribution in [0.15, 0.2) is 55.1 Å². The van der Waals surface area contributed by atoms with Crippen molar-refractivity contribution in [2.75, 3.05) is 33.4 Å². The summed E-state index contributed by atoms with van der Waals surface area (Å²) in [5.74, 6) is 1.49. The minimum atomic E-state index is -0.000413. The van der Waals surface area contributed by atoms with Gasteiger partial charge in [0.05, 0.1) is 25.4 Å². The molecule has 3 rings (SSSR count). The van der Waals surface area contributed by atoms with E-state index in [1.54, 1.807) is 11.0 Å². The normalized spacial score (nSPS) is 11.9. The fraction of sp³-hybridized carbons (Fsp3) is 0.400. The molecule has 0 spiro atoms. The molecule has 1 N–H and O–H groups in total. The molecule has 1 heterocycles. The number of amides is 1. The topological polar surface area (TPSA) is 81.5 Å². The van der Waals surface area contributed by atoms with Crippen molar-refractivity contribution in [3.63, 3.8) is 0 Å². The van der Waals surface area contributed by atoms with Crippen LogP contribution in [0.3, 0.4) is 0 Å². The molecule has 0 aliphatic heterocycles. The molecule has 0 bridgehead atoms. The number of ether oxygens (including phenoxy) is 2. The lowest BCUT2D eigenvalue weighted by atomic mass is 10.1. The number of benzene rings is 2. The van der Waals surface area contributed by atoms with Crippen LogP contribution < -0.4 is 14.8 Å². The molecule has 2 aromatic carbocycles. The third kappa shape index (κ3) is 6.79. The zero-order chi connectivity index (χ0) is 23.6. The number of hydrogen-bond donors (Lipinski definition) is 1. The Morgan fingerprint density at radius 2 is 1.82 bits per heavy atom. The number of aromatic nitrogens is 3. The maximum atomic E-state index is 12.5. The summed E-state index contributed by atoms with van der Waals surface area (Å²) in [5.41, 5.74) is 3.18. The Bertz CT molecular complexity index is 1010. The zero-order valence-electron chi connectivity index (χ0n) is 19.8. The van der Waals surface area contributed by atoms with Crippen molar-refractivity contribution in [3.8, 4) is 17.2 Å². The van der Waals surface area contributed by atoms with E-state index in [4.69, 9.17) is 9.47 Å². The number of hydrogen-bond acceptors (Lipinski definition) is 6. The van der Waals surface area contributed by atoms with Gasteiger partial charge in [0.2, 0.25) is 5.91 Å². The highest BCUT2D eigenvalue weighted by atomic mass is 16.5. The lowest BCUT2D eigenvalue weighted by molar-refractivity contribution is -0.122. The monoisotopic (exact) mass is 451 g/mol. The van der Waals surface area contributed by atoms with Crippen molar-refractivity contribution in [2.24, 2.45) is 0 Å². The van der Waals surface area contributed by atoms with Crippen LogP contribution in [0.25, 0.3) is 5.69 Å². The van der Waals surface area contributed by atoms with Gasteiger partial charge in [-0.05, 0) is 69.6 Å². The van der Waals surface area contributed by atoms with E-state index >= 15 is 0 Å². The average molecular weight is 452 g/mol. The molecule has 0 aliphatic rings. The lowest BCUT2D eigenvalue weighted by Crippen LogP contribution is -2.37. The van der Waals surface area contributed by atoms with Gasteiger partial charge in [0.25, 0.3) is 0 Å². The maximum Gasteiger partial charge on any atom is 0.234 e. The van der Waals surface area contributed by atoms with E-state index in [9.17, 15) is 4.79 Å². The molecule has 0 unspecified atom stereocenters. The fourth-order valence-corrected chi connectivity index (χ4v) is 3.52. The second-order valence-electron chi connectivity index (χ2n) is 7.77. The molecule has 0 fully saturated rings. The molecule has 176 valence electrons. The van der Waals surface area contributed by atoms with Crippen LogP contribution in [0.2, 0.25) is 0 Å². The third-order valence-corrected chi connectivity index (χ3v) is 5.46. The van der Waals surface area contributed by atoms with Crippen LogP contribution in [0, 0.1) is 0 Å². The Morgan fingerprint density at radius 1 is 1.09 bits per heavy atom. The molecule has 0 radical (unpaired) electrons. The number of nitrogens with one attached hydrogen (secondary N) is 1. The number of rotatable bonds is 12. The smallest absolute Gasteiger partial charge is 0.234 e. The first kappa shape index (κ1) is 24.3. The van der Waals surface area contributed by atoms with Crippen molar-refractivity contribution < 1.29 is 14.3 Å². The van der Waals surface area contributed by atoms with Gasteiger partial charge in [-0.3, -0.25) is 9.69 Å². The van der Waals surface area contributed by atoms with E-state index in [0.29, 0.717) is 26.3 Å². The van der Waals surface area contributed by atoms with E-state index in [-0.39, 0.29) is 11.9 Å². The summed E-state index contributed by atoms with van der Waals surface area (Å²) in [6.45, 7) is 8.04. The van der Waals surface area contributed by atoms with Gasteiger partial charge in [0.15, 0.2) is 11.5 Å². The number of nitrogens with zero attached hydrogens (tertiary/aromatic N) is 4. The van der Waals surface area contributed by atoms with Gasteiger partial charge in [-0.2, -0.15) is 5.10 Å². The Kier molecular flexibility index (Phi) is 8.83. The van der Waals surface area contributed by atoms with Crippen LogP contribution in [0.1, 0.15) is 37.9 Å². The molecule has 1 amide bonds. The summed E-state index contributed by atoms with van der Waals surface area (Å²) < 4.78 is 13.0. The van der Waals surface area contributed by atoms with Gasteiger partial charge in [-0.25, -0.2) is 9.67 Å². The first-order chi connectivity index (χ1) is 16.0. The molecule has 1 atom stereocenters. The highest BCUT2D eigenvalue weighted by molar-refractivity contribution is 5.78. The fourth-order valence-electron chi connectivity index (χ4n) is 3.52. The molecule has 8 nitrogen and oxygen atoms in total. The van der Waals surface area contributed by atoms with E-state index in [1.165, 1.54) is 6.33 Å². The molecular formula is C25H33N5O3. The SMILES string of the molecule is CCOc1ccc(CCNC(=O)CN(C)[C@@H](C)c2ccc(-n3cncn3)cc2)cc1OCC. The summed E-state index contributed by atoms with van der Waals surface area (Å²) in [7, 11) is 1.95. The largest absolute Gasteiger partial charge is 0.490 e. The molecule has 0 saturated heterocycles. The van der Waals surface area contributed by atoms with Gasteiger partial charge in [0, 0.05) is 12.6 Å². The van der Waals surface area contributed by atoms with Gasteiger partial charge in [-0.15, -0.1) is 0 Å². The van der Waals surface area contributed by atoms with Gasteiger partial charge in [-0.1, -0.05) is 18.2 Å². The summed E-state index contributed by atoms with van der Waals surface area (Å²) in [6.07, 6.45) is 3.90. The Hall–Kier alpha value is -3.39. The van der Waals surface area contributed by atoms with E-state index in [1.807, 2.05) is 56.1 Å². The Balaban J connectivity index is 1.47. The first-order valence-electron chi connectivity index (χ1n) is 11.3. The highest BCUT2D eigenvalue weighted by Gasteiger charge is 2.15. The average Bonchev–Trinajstić information content (AvgIpc) is 3.35. The number of likely N-dealkylation sites (N-methyl/N-ethyl adjacent to an activating group) is 1. The van der Waals surface area contributed by atoms with Crippen LogP contribution in [0.4, 0.5) is 0 Å². The van der Waals surface area contributed by atoms with Crippen LogP contribution in [-0.2, 0) is 11.2 Å². The quantitative estimate of drug-likeness (QED) is 0.454. The predicted octanol–water partition coefficient (Wildman–Crippen LogP) is 3.42. The number of carbonyl (C=O) groups excluding carboxylic acids is 1. The summed E-state index contributed by atoms with van der Waals surface area (Å²) in [5, 5.41) is 7.16. The van der Waals surface area contributed by atoms with E-state index < -0.39 is 0 Å². The highest BCUT2D eigenvalue weighted by Crippen LogP contribution is 2.28. The van der Waals surface area contributed by atoms with Gasteiger partial charge >= 0.3 is 0 Å². The van der Waals surface area contributed by atoms with E-state index in [0.717, 1.165) is 34.7 Å². The van der Waals surface area contributed by atoms with E-state index in [2.05, 4.69) is 34.5 Å². The molecule has 0 saturated carbocycles. The summed E-state index contributed by atoms with van der Waals surface area (Å²) in [6, 6.07) is 14.1. The van der Waals surface area contributed by atoms with Crippen LogP contribution in [-0.4, -0.2) is 58.9 Å². The standard InChI is InChI=1S/C25H33N5O3/c1-5-32-23-12-7-20(15-24(23)33-6-2)13-14-27-25(31)16-29(4)19(3)21-8-10-22(11-9-21)30-18-26-17-28-30/h7-12,15,17-19H,5-6,13-14,16H2,1-4H3,(H,27,31)/t19-/m0/s1. The minimum absolute atomic E-state index is 0.000413. The van der Waals surface area contributed by atoms with Crippen molar-refractivity contribution in [3.05, 3.63) is 66.2 Å². The second kappa shape index (κ2) is 12.0. The molecule has 33 heavy (non-hydrogen) atoms. The van der Waals surface area contributed by atoms with Crippen molar-refractivity contribution >= 4 is 5.91 Å². The Labute approximate surface area is 195 Å². The van der Waals surface area contributed by atoms with Crippen LogP contribution in [0.5, 0.6) is 11.5 Å². The number of carbonyl (C=O) groups is 1. The molecular weight excluding hydrogens is 418 g/mol. The Morgan fingerprint density at radius 3 is 2.48 bits per heavy atom. The van der Waals surface area contributed by atoms with Gasteiger partial charge in [0.1, 0.15) is 12.7 Å². The predicted molar refractivity (Wildman–Crippen MR) is 128 cm³/mol. The maximum absolute atomic E-state index is 12.5. The molecule has 8 heteroatoms. The summed E-state index contributed by atoms with van der Waals surface area (Å²) >= 11 is 0. The van der Waals surface area contributed by atoms with Crippen molar-refractivity contribution in [1.29, 1.82) is 0 Å². The lowest BCUT2D eigenvalue weighted by Gasteiger charge is -2.24. The third-order valence-electron chi connectivity index (χ3n) is 5.46. The van der Waals surface area contributed by atoms with Crippen LogP contribution >= 0.6 is 0 Å². The van der Waals surface area contributed by atoms with Crippen molar-refractivity contribution in [2.45, 2.75) is 33.2 Å². The second-order valence-corrected chi connectivity index (χ2v) is 7.77.